The number of halogens is 2. The predicted octanol–water partition coefficient (Wildman–Crippen LogP) is 4.52. The minimum Gasteiger partial charge on any atom is -0.326 e. The number of hydrogen-bond acceptors (Lipinski definition) is 1. The molecule has 19 heavy (non-hydrogen) atoms. The van der Waals surface area contributed by atoms with Gasteiger partial charge < -0.3 is 5.32 Å². The number of carbonyl (C=O) groups excluding carboxylic acids is 1. The Morgan fingerprint density at radius 2 is 2.05 bits per heavy atom. The minimum absolute atomic E-state index is 0.0198. The topological polar surface area (TPSA) is 29.1 Å². The van der Waals surface area contributed by atoms with E-state index in [1.54, 1.807) is 6.08 Å². The van der Waals surface area contributed by atoms with Crippen LogP contribution in [0, 0.1) is 24.2 Å². The van der Waals surface area contributed by atoms with E-state index in [1.165, 1.54) is 0 Å². The van der Waals surface area contributed by atoms with Gasteiger partial charge in [-0.2, -0.15) is 0 Å². The highest BCUT2D eigenvalue weighted by atomic mass is 35.5. The lowest BCUT2D eigenvalue weighted by atomic mass is 10.1. The molecule has 0 unspecified atom stereocenters. The number of anilines is 1. The molecule has 0 saturated heterocycles. The zero-order chi connectivity index (χ0) is 14.2. The molecular formula is C15H17Cl2NO. The summed E-state index contributed by atoms with van der Waals surface area (Å²) in [5.74, 6) is 0.0363. The van der Waals surface area contributed by atoms with E-state index in [0.717, 1.165) is 11.3 Å². The molecule has 1 aromatic carbocycles. The van der Waals surface area contributed by atoms with Gasteiger partial charge in [-0.3, -0.25) is 4.79 Å². The van der Waals surface area contributed by atoms with E-state index in [9.17, 15) is 4.79 Å². The van der Waals surface area contributed by atoms with E-state index in [-0.39, 0.29) is 27.6 Å². The maximum absolute atomic E-state index is 12.3. The summed E-state index contributed by atoms with van der Waals surface area (Å²) in [6.45, 7) is 6.09. The number of rotatable bonds is 3. The molecule has 4 heteroatoms. The van der Waals surface area contributed by atoms with E-state index < -0.39 is 0 Å². The van der Waals surface area contributed by atoms with Crippen LogP contribution in [0.2, 0.25) is 0 Å². The van der Waals surface area contributed by atoms with E-state index in [1.807, 2.05) is 45.0 Å². The lowest BCUT2D eigenvalue weighted by Gasteiger charge is -2.06. The van der Waals surface area contributed by atoms with Crippen molar-refractivity contribution in [1.29, 1.82) is 0 Å². The molecule has 2 nitrogen and oxygen atoms in total. The van der Waals surface area contributed by atoms with Gasteiger partial charge in [0.05, 0.1) is 5.92 Å². The standard InChI is InChI=1S/C15H17Cl2NO/c1-9-5-4-6-10(7-9)18-14(19)13-11(8-12(16)17)15(13,2)3/h4-8,11,13H,1-3H3,(H,18,19)/t11-,13+/m0/s1. The average molecular weight is 298 g/mol. The van der Waals surface area contributed by atoms with Crippen LogP contribution in [0.15, 0.2) is 34.8 Å². The van der Waals surface area contributed by atoms with Crippen LogP contribution in [0.25, 0.3) is 0 Å². The van der Waals surface area contributed by atoms with Gasteiger partial charge in [0.2, 0.25) is 5.91 Å². The third kappa shape index (κ3) is 3.13. The normalized spacial score (nSPS) is 23.6. The van der Waals surface area contributed by atoms with Crippen LogP contribution >= 0.6 is 23.2 Å². The van der Waals surface area contributed by atoms with Gasteiger partial charge in [0, 0.05) is 5.69 Å². The van der Waals surface area contributed by atoms with Gasteiger partial charge in [-0.05, 0) is 42.0 Å². The molecule has 1 saturated carbocycles. The lowest BCUT2D eigenvalue weighted by molar-refractivity contribution is -0.118. The van der Waals surface area contributed by atoms with Gasteiger partial charge >= 0.3 is 0 Å². The third-order valence-corrected chi connectivity index (χ3v) is 4.04. The molecule has 1 N–H and O–H groups in total. The van der Waals surface area contributed by atoms with Gasteiger partial charge in [-0.15, -0.1) is 0 Å². The molecule has 0 radical (unpaired) electrons. The van der Waals surface area contributed by atoms with Crippen molar-refractivity contribution < 1.29 is 4.79 Å². The Kier molecular flexibility index (Phi) is 3.93. The zero-order valence-electron chi connectivity index (χ0n) is 11.2. The molecule has 1 aromatic rings. The first-order valence-electron chi connectivity index (χ1n) is 6.22. The monoisotopic (exact) mass is 297 g/mol. The molecule has 2 atom stereocenters. The van der Waals surface area contributed by atoms with Crippen LogP contribution < -0.4 is 5.32 Å². The van der Waals surface area contributed by atoms with Crippen LogP contribution in [0.3, 0.4) is 0 Å². The first-order chi connectivity index (χ1) is 8.82. The number of carbonyl (C=O) groups is 1. The molecule has 1 amide bonds. The molecule has 0 aliphatic heterocycles. The van der Waals surface area contributed by atoms with Crippen LogP contribution in [0.1, 0.15) is 19.4 Å². The predicted molar refractivity (Wildman–Crippen MR) is 80.4 cm³/mol. The molecule has 2 rings (SSSR count). The van der Waals surface area contributed by atoms with Gasteiger partial charge in [-0.1, -0.05) is 49.2 Å². The summed E-state index contributed by atoms with van der Waals surface area (Å²) in [5, 5.41) is 2.95. The number of aryl methyl sites for hydroxylation is 1. The second-order valence-corrected chi connectivity index (χ2v) is 6.65. The first-order valence-corrected chi connectivity index (χ1v) is 6.98. The summed E-state index contributed by atoms with van der Waals surface area (Å²) in [7, 11) is 0. The molecule has 102 valence electrons. The third-order valence-electron chi connectivity index (χ3n) is 3.78. The van der Waals surface area contributed by atoms with Crippen LogP contribution in [-0.4, -0.2) is 5.91 Å². The van der Waals surface area contributed by atoms with Crippen molar-refractivity contribution in [2.24, 2.45) is 17.3 Å². The first kappa shape index (κ1) is 14.4. The minimum atomic E-state index is -0.0943. The van der Waals surface area contributed by atoms with Crippen molar-refractivity contribution in [3.05, 3.63) is 40.4 Å². The number of hydrogen-bond donors (Lipinski definition) is 1. The molecule has 0 spiro atoms. The molecule has 1 fully saturated rings. The molecule has 0 bridgehead atoms. The van der Waals surface area contributed by atoms with Crippen molar-refractivity contribution >= 4 is 34.8 Å². The van der Waals surface area contributed by atoms with Crippen molar-refractivity contribution in [1.82, 2.24) is 0 Å². The van der Waals surface area contributed by atoms with E-state index >= 15 is 0 Å². The highest BCUT2D eigenvalue weighted by Crippen LogP contribution is 2.59. The molecular weight excluding hydrogens is 281 g/mol. The average Bonchev–Trinajstić information content (AvgIpc) is 2.79. The fourth-order valence-electron chi connectivity index (χ4n) is 2.57. The Hall–Kier alpha value is -0.990. The Labute approximate surface area is 123 Å². The Balaban J connectivity index is 2.08. The highest BCUT2D eigenvalue weighted by molar-refractivity contribution is 6.55. The lowest BCUT2D eigenvalue weighted by Crippen LogP contribution is -2.16. The maximum Gasteiger partial charge on any atom is 0.228 e. The summed E-state index contributed by atoms with van der Waals surface area (Å²) in [6.07, 6.45) is 1.75. The fourth-order valence-corrected chi connectivity index (χ4v) is 2.84. The fraction of sp³-hybridized carbons (Fsp3) is 0.400. The van der Waals surface area contributed by atoms with Gasteiger partial charge in [-0.25, -0.2) is 0 Å². The molecule has 0 aromatic heterocycles. The number of amides is 1. The summed E-state index contributed by atoms with van der Waals surface area (Å²) in [4.78, 5) is 12.3. The number of benzene rings is 1. The smallest absolute Gasteiger partial charge is 0.228 e. The van der Waals surface area contributed by atoms with Crippen molar-refractivity contribution in [3.8, 4) is 0 Å². The van der Waals surface area contributed by atoms with Crippen LogP contribution in [0.5, 0.6) is 0 Å². The summed E-state index contributed by atoms with van der Waals surface area (Å²) in [5.41, 5.74) is 1.85. The van der Waals surface area contributed by atoms with Crippen molar-refractivity contribution in [2.45, 2.75) is 20.8 Å². The summed E-state index contributed by atoms with van der Waals surface area (Å²) >= 11 is 11.4. The summed E-state index contributed by atoms with van der Waals surface area (Å²) < 4.78 is 0.226. The van der Waals surface area contributed by atoms with E-state index in [4.69, 9.17) is 23.2 Å². The van der Waals surface area contributed by atoms with Crippen LogP contribution in [-0.2, 0) is 4.79 Å². The Bertz CT molecular complexity index is 533. The second-order valence-electron chi connectivity index (χ2n) is 5.64. The van der Waals surface area contributed by atoms with E-state index in [2.05, 4.69) is 5.32 Å². The Morgan fingerprint density at radius 1 is 1.37 bits per heavy atom. The van der Waals surface area contributed by atoms with Crippen molar-refractivity contribution in [2.75, 3.05) is 5.32 Å². The zero-order valence-corrected chi connectivity index (χ0v) is 12.7. The molecule has 0 heterocycles. The van der Waals surface area contributed by atoms with Gasteiger partial charge in [0.1, 0.15) is 4.49 Å². The maximum atomic E-state index is 12.3. The Morgan fingerprint density at radius 3 is 2.63 bits per heavy atom. The van der Waals surface area contributed by atoms with Crippen molar-refractivity contribution in [3.63, 3.8) is 0 Å². The second kappa shape index (κ2) is 5.18. The quantitative estimate of drug-likeness (QED) is 0.873. The number of nitrogens with one attached hydrogen (secondary N) is 1. The largest absolute Gasteiger partial charge is 0.326 e. The summed E-state index contributed by atoms with van der Waals surface area (Å²) in [6, 6.07) is 7.76. The van der Waals surface area contributed by atoms with Gasteiger partial charge in [0.15, 0.2) is 0 Å². The number of allylic oxidation sites excluding steroid dienone is 1. The highest BCUT2D eigenvalue weighted by Gasteiger charge is 2.60. The van der Waals surface area contributed by atoms with E-state index in [0.29, 0.717) is 0 Å². The molecule has 1 aliphatic carbocycles. The molecule has 1 aliphatic rings. The van der Waals surface area contributed by atoms with Crippen LogP contribution in [0.4, 0.5) is 5.69 Å². The SMILES string of the molecule is Cc1cccc(NC(=O)[C@H]2[C@H](C=C(Cl)Cl)C2(C)C)c1. The van der Waals surface area contributed by atoms with Gasteiger partial charge in [0.25, 0.3) is 0 Å².